The highest BCUT2D eigenvalue weighted by Crippen LogP contribution is 2.55. The zero-order valence-electron chi connectivity index (χ0n) is 12.3. The molecule has 2 bridgehead atoms. The molecule has 2 aromatic carbocycles. The summed E-state index contributed by atoms with van der Waals surface area (Å²) >= 11 is 0. The van der Waals surface area contributed by atoms with Crippen molar-refractivity contribution in [1.29, 1.82) is 0 Å². The fourth-order valence-corrected chi connectivity index (χ4v) is 4.39. The smallest absolute Gasteiger partial charge is 0.0698 e. The molecule has 0 aromatic heterocycles. The van der Waals surface area contributed by atoms with Gasteiger partial charge in [0.05, 0.1) is 5.54 Å². The monoisotopic (exact) mass is 263 g/mol. The first-order valence-electron chi connectivity index (χ1n) is 7.71. The van der Waals surface area contributed by atoms with Gasteiger partial charge in [0.1, 0.15) is 0 Å². The van der Waals surface area contributed by atoms with Crippen molar-refractivity contribution in [2.24, 2.45) is 0 Å². The Hall–Kier alpha value is -1.60. The minimum absolute atomic E-state index is 0.0616. The van der Waals surface area contributed by atoms with Crippen molar-refractivity contribution >= 4 is 0 Å². The maximum absolute atomic E-state index is 2.72. The predicted molar refractivity (Wildman–Crippen MR) is 82.8 cm³/mol. The van der Waals surface area contributed by atoms with E-state index >= 15 is 0 Å². The summed E-state index contributed by atoms with van der Waals surface area (Å²) in [5.74, 6) is 0. The quantitative estimate of drug-likeness (QED) is 0.782. The van der Waals surface area contributed by atoms with Gasteiger partial charge in [-0.05, 0) is 48.6 Å². The summed E-state index contributed by atoms with van der Waals surface area (Å²) in [6, 6.07) is 18.6. The van der Waals surface area contributed by atoms with Gasteiger partial charge in [-0.2, -0.15) is 0 Å². The molecule has 0 N–H and O–H groups in total. The van der Waals surface area contributed by atoms with Crippen molar-refractivity contribution in [2.45, 2.75) is 38.3 Å². The largest absolute Gasteiger partial charge is 0.283 e. The molecule has 0 saturated heterocycles. The summed E-state index contributed by atoms with van der Waals surface area (Å²) in [5, 5.41) is 0. The molecule has 0 aliphatic carbocycles. The van der Waals surface area contributed by atoms with E-state index in [1.54, 1.807) is 5.56 Å². The Kier molecular flexibility index (Phi) is 2.55. The van der Waals surface area contributed by atoms with Crippen molar-refractivity contribution in [3.05, 3.63) is 70.8 Å². The second-order valence-electron chi connectivity index (χ2n) is 6.23. The van der Waals surface area contributed by atoms with Crippen LogP contribution >= 0.6 is 0 Å². The molecule has 102 valence electrons. The number of benzene rings is 2. The molecule has 1 heteroatoms. The summed E-state index contributed by atoms with van der Waals surface area (Å²) in [5.41, 5.74) is 6.16. The van der Waals surface area contributed by atoms with Crippen LogP contribution in [0.1, 0.15) is 48.6 Å². The fraction of sp³-hybridized carbons (Fsp3) is 0.368. The maximum Gasteiger partial charge on any atom is 0.0698 e. The minimum Gasteiger partial charge on any atom is -0.283 e. The normalized spacial score (nSPS) is 27.2. The van der Waals surface area contributed by atoms with Gasteiger partial charge >= 0.3 is 0 Å². The lowest BCUT2D eigenvalue weighted by Gasteiger charge is -2.44. The summed E-state index contributed by atoms with van der Waals surface area (Å²) in [6.07, 6.45) is 2.37. The molecule has 2 aliphatic heterocycles. The van der Waals surface area contributed by atoms with E-state index in [1.165, 1.54) is 29.7 Å². The summed E-state index contributed by atoms with van der Waals surface area (Å²) < 4.78 is 0. The molecule has 2 heterocycles. The topological polar surface area (TPSA) is 3.24 Å². The van der Waals surface area contributed by atoms with Crippen LogP contribution in [0, 0.1) is 0 Å². The third kappa shape index (κ3) is 1.36. The van der Waals surface area contributed by atoms with Crippen molar-refractivity contribution in [2.75, 3.05) is 6.54 Å². The third-order valence-corrected chi connectivity index (χ3v) is 5.21. The van der Waals surface area contributed by atoms with Gasteiger partial charge in [0.25, 0.3) is 0 Å². The van der Waals surface area contributed by atoms with Crippen molar-refractivity contribution in [3.63, 3.8) is 0 Å². The molecule has 2 atom stereocenters. The minimum atomic E-state index is 0.0616. The van der Waals surface area contributed by atoms with Gasteiger partial charge in [-0.15, -0.1) is 0 Å². The van der Waals surface area contributed by atoms with Crippen LogP contribution < -0.4 is 0 Å². The van der Waals surface area contributed by atoms with Gasteiger partial charge in [-0.25, -0.2) is 0 Å². The lowest BCUT2D eigenvalue weighted by atomic mass is 9.80. The Morgan fingerprint density at radius 2 is 1.75 bits per heavy atom. The van der Waals surface area contributed by atoms with Crippen LogP contribution in [0.2, 0.25) is 0 Å². The average molecular weight is 263 g/mol. The number of rotatable bonds is 2. The average Bonchev–Trinajstić information content (AvgIpc) is 2.65. The SMILES string of the molecule is CCCN1C2Cc3ccccc3C1(C)c1ccccc12. The number of hydrogen-bond acceptors (Lipinski definition) is 1. The first kappa shape index (κ1) is 12.2. The van der Waals surface area contributed by atoms with Crippen molar-refractivity contribution in [3.8, 4) is 0 Å². The molecule has 0 spiro atoms. The number of nitrogens with zero attached hydrogens (tertiary/aromatic N) is 1. The van der Waals surface area contributed by atoms with Crippen LogP contribution in [0.3, 0.4) is 0 Å². The number of fused-ring (bicyclic) bond motifs is 7. The Labute approximate surface area is 121 Å². The van der Waals surface area contributed by atoms with E-state index in [4.69, 9.17) is 0 Å². The lowest BCUT2D eigenvalue weighted by molar-refractivity contribution is 0.0957. The van der Waals surface area contributed by atoms with E-state index in [0.717, 1.165) is 6.42 Å². The zero-order valence-corrected chi connectivity index (χ0v) is 12.3. The van der Waals surface area contributed by atoms with E-state index in [0.29, 0.717) is 6.04 Å². The highest BCUT2D eigenvalue weighted by Gasteiger charge is 2.51. The molecule has 0 fully saturated rings. The first-order valence-corrected chi connectivity index (χ1v) is 7.71. The Morgan fingerprint density at radius 3 is 2.55 bits per heavy atom. The van der Waals surface area contributed by atoms with Crippen molar-refractivity contribution < 1.29 is 0 Å². The highest BCUT2D eigenvalue weighted by atomic mass is 15.3. The predicted octanol–water partition coefficient (Wildman–Crippen LogP) is 4.27. The van der Waals surface area contributed by atoms with Gasteiger partial charge in [0.2, 0.25) is 0 Å². The molecule has 2 unspecified atom stereocenters. The lowest BCUT2D eigenvalue weighted by Crippen LogP contribution is -2.45. The van der Waals surface area contributed by atoms with Crippen molar-refractivity contribution in [1.82, 2.24) is 4.90 Å². The van der Waals surface area contributed by atoms with E-state index < -0.39 is 0 Å². The standard InChI is InChI=1S/C19H21N/c1-3-12-20-18-13-14-8-4-6-10-16(14)19(20,2)17-11-7-5-9-15(17)18/h4-11,18H,3,12-13H2,1-2H3. The molecule has 2 aromatic rings. The third-order valence-electron chi connectivity index (χ3n) is 5.21. The molecular formula is C19H21N. The highest BCUT2D eigenvalue weighted by molar-refractivity contribution is 5.54. The second-order valence-corrected chi connectivity index (χ2v) is 6.23. The molecule has 0 amide bonds. The summed E-state index contributed by atoms with van der Waals surface area (Å²) in [4.78, 5) is 2.72. The molecule has 1 nitrogen and oxygen atoms in total. The van der Waals surface area contributed by atoms with Gasteiger partial charge in [-0.3, -0.25) is 4.90 Å². The zero-order chi connectivity index (χ0) is 13.7. The molecule has 2 aliphatic rings. The Bertz CT molecular complexity index is 647. The molecular weight excluding hydrogens is 242 g/mol. The Morgan fingerprint density at radius 1 is 1.05 bits per heavy atom. The second kappa shape index (κ2) is 4.20. The molecule has 0 saturated carbocycles. The van der Waals surface area contributed by atoms with Crippen LogP contribution in [-0.2, 0) is 12.0 Å². The van der Waals surface area contributed by atoms with E-state index in [1.807, 2.05) is 0 Å². The van der Waals surface area contributed by atoms with Gasteiger partial charge in [0.15, 0.2) is 0 Å². The van der Waals surface area contributed by atoms with E-state index in [9.17, 15) is 0 Å². The van der Waals surface area contributed by atoms with E-state index in [2.05, 4.69) is 67.3 Å². The molecule has 0 radical (unpaired) electrons. The molecule has 20 heavy (non-hydrogen) atoms. The van der Waals surface area contributed by atoms with Crippen LogP contribution in [-0.4, -0.2) is 11.4 Å². The fourth-order valence-electron chi connectivity index (χ4n) is 4.39. The molecule has 4 rings (SSSR count). The summed E-state index contributed by atoms with van der Waals surface area (Å²) in [7, 11) is 0. The van der Waals surface area contributed by atoms with Gasteiger partial charge in [-0.1, -0.05) is 55.5 Å². The van der Waals surface area contributed by atoms with Crippen LogP contribution in [0.4, 0.5) is 0 Å². The maximum atomic E-state index is 2.72. The first-order chi connectivity index (χ1) is 9.76. The number of hydrogen-bond donors (Lipinski definition) is 0. The summed E-state index contributed by atoms with van der Waals surface area (Å²) in [6.45, 7) is 5.87. The van der Waals surface area contributed by atoms with E-state index in [-0.39, 0.29) is 5.54 Å². The van der Waals surface area contributed by atoms with Crippen LogP contribution in [0.25, 0.3) is 0 Å². The Balaban J connectivity index is 2.00. The van der Waals surface area contributed by atoms with Crippen LogP contribution in [0.5, 0.6) is 0 Å². The van der Waals surface area contributed by atoms with Gasteiger partial charge in [0, 0.05) is 6.04 Å². The van der Waals surface area contributed by atoms with Crippen LogP contribution in [0.15, 0.2) is 48.5 Å². The van der Waals surface area contributed by atoms with Gasteiger partial charge < -0.3 is 0 Å².